The number of nitrogens with zero attached hydrogens (tertiary/aromatic N) is 2. The second-order valence-corrected chi connectivity index (χ2v) is 5.49. The molecule has 20 heavy (non-hydrogen) atoms. The third-order valence-corrected chi connectivity index (χ3v) is 3.72. The predicted octanol–water partition coefficient (Wildman–Crippen LogP) is 1.55. The van der Waals surface area contributed by atoms with Gasteiger partial charge in [0.05, 0.1) is 37.1 Å². The smallest absolute Gasteiger partial charge is 0.227 e. The summed E-state index contributed by atoms with van der Waals surface area (Å²) in [6.45, 7) is 1.23. The average Bonchev–Trinajstić information content (AvgIpc) is 2.84. The Morgan fingerprint density at radius 1 is 1.50 bits per heavy atom. The third-order valence-electron chi connectivity index (χ3n) is 3.72. The molecule has 0 bridgehead atoms. The number of aliphatic hydroxyl groups is 1. The normalized spacial score (nSPS) is 17.9. The van der Waals surface area contributed by atoms with Gasteiger partial charge in [-0.3, -0.25) is 9.48 Å². The zero-order valence-corrected chi connectivity index (χ0v) is 12.0. The van der Waals surface area contributed by atoms with Crippen molar-refractivity contribution in [2.45, 2.75) is 50.7 Å². The lowest BCUT2D eigenvalue weighted by Crippen LogP contribution is -2.35. The van der Waals surface area contributed by atoms with Crippen LogP contribution in [0.4, 0.5) is 5.69 Å². The molecule has 0 aromatic carbocycles. The first-order valence-corrected chi connectivity index (χ1v) is 7.15. The number of hydrogen-bond acceptors (Lipinski definition) is 4. The monoisotopic (exact) mass is 281 g/mol. The van der Waals surface area contributed by atoms with Crippen LogP contribution in [0.1, 0.15) is 38.5 Å². The van der Waals surface area contributed by atoms with E-state index in [4.69, 9.17) is 4.74 Å². The zero-order chi connectivity index (χ0) is 14.4. The number of ether oxygens (including phenoxy) is 1. The summed E-state index contributed by atoms with van der Waals surface area (Å²) in [5.41, 5.74) is -0.167. The summed E-state index contributed by atoms with van der Waals surface area (Å²) >= 11 is 0. The standard InChI is InChI=1S/C14H23N3O3/c1-20-8-7-17-11-12(10-15-17)16-13(18)9-14(19)5-3-2-4-6-14/h10-11,19H,2-9H2,1H3,(H,16,18). The van der Waals surface area contributed by atoms with E-state index in [0.717, 1.165) is 19.3 Å². The minimum Gasteiger partial charge on any atom is -0.389 e. The molecule has 1 heterocycles. The maximum absolute atomic E-state index is 12.0. The maximum Gasteiger partial charge on any atom is 0.227 e. The van der Waals surface area contributed by atoms with Crippen molar-refractivity contribution in [1.82, 2.24) is 9.78 Å². The van der Waals surface area contributed by atoms with Crippen molar-refractivity contribution >= 4 is 11.6 Å². The predicted molar refractivity (Wildman–Crippen MR) is 75.4 cm³/mol. The highest BCUT2D eigenvalue weighted by molar-refractivity contribution is 5.91. The SMILES string of the molecule is COCCn1cc(NC(=O)CC2(O)CCCCC2)cn1. The summed E-state index contributed by atoms with van der Waals surface area (Å²) in [6, 6.07) is 0. The molecule has 0 aliphatic heterocycles. The van der Waals surface area contributed by atoms with Crippen molar-refractivity contribution < 1.29 is 14.6 Å². The van der Waals surface area contributed by atoms with Crippen LogP contribution in [-0.2, 0) is 16.1 Å². The van der Waals surface area contributed by atoms with Crippen molar-refractivity contribution in [3.8, 4) is 0 Å². The van der Waals surface area contributed by atoms with Gasteiger partial charge in [0.25, 0.3) is 0 Å². The van der Waals surface area contributed by atoms with Gasteiger partial charge in [-0.1, -0.05) is 19.3 Å². The number of rotatable bonds is 6. The molecular weight excluding hydrogens is 258 g/mol. The Morgan fingerprint density at radius 2 is 2.25 bits per heavy atom. The molecule has 1 saturated carbocycles. The summed E-state index contributed by atoms with van der Waals surface area (Å²) in [5, 5.41) is 17.3. The molecule has 2 rings (SSSR count). The highest BCUT2D eigenvalue weighted by Crippen LogP contribution is 2.31. The lowest BCUT2D eigenvalue weighted by Gasteiger charge is -2.31. The summed E-state index contributed by atoms with van der Waals surface area (Å²) in [6.07, 6.45) is 8.12. The third kappa shape index (κ3) is 4.31. The minimum absolute atomic E-state index is 0.152. The molecule has 0 saturated heterocycles. The van der Waals surface area contributed by atoms with Crippen molar-refractivity contribution in [3.63, 3.8) is 0 Å². The molecule has 112 valence electrons. The fraction of sp³-hybridized carbons (Fsp3) is 0.714. The van der Waals surface area contributed by atoms with Gasteiger partial charge in [-0.25, -0.2) is 0 Å². The fourth-order valence-electron chi connectivity index (χ4n) is 2.63. The molecule has 6 nitrogen and oxygen atoms in total. The van der Waals surface area contributed by atoms with E-state index in [2.05, 4.69) is 10.4 Å². The number of nitrogens with one attached hydrogen (secondary N) is 1. The van der Waals surface area contributed by atoms with Gasteiger partial charge in [-0.2, -0.15) is 5.10 Å². The second kappa shape index (κ2) is 6.85. The molecule has 1 aromatic heterocycles. The highest BCUT2D eigenvalue weighted by atomic mass is 16.5. The van der Waals surface area contributed by atoms with Crippen LogP contribution in [0.25, 0.3) is 0 Å². The van der Waals surface area contributed by atoms with Gasteiger partial charge in [0, 0.05) is 13.3 Å². The number of carbonyl (C=O) groups excluding carboxylic acids is 1. The minimum atomic E-state index is -0.825. The van der Waals surface area contributed by atoms with Gasteiger partial charge in [-0.15, -0.1) is 0 Å². The van der Waals surface area contributed by atoms with Crippen LogP contribution in [0.2, 0.25) is 0 Å². The molecule has 0 atom stereocenters. The van der Waals surface area contributed by atoms with Crippen LogP contribution in [0.15, 0.2) is 12.4 Å². The van der Waals surface area contributed by atoms with E-state index in [9.17, 15) is 9.90 Å². The van der Waals surface area contributed by atoms with Crippen LogP contribution in [0.3, 0.4) is 0 Å². The topological polar surface area (TPSA) is 76.4 Å². The van der Waals surface area contributed by atoms with E-state index in [1.165, 1.54) is 0 Å². The van der Waals surface area contributed by atoms with Crippen LogP contribution >= 0.6 is 0 Å². The van der Waals surface area contributed by atoms with E-state index in [1.54, 1.807) is 24.2 Å². The number of methoxy groups -OCH3 is 1. The number of aromatic nitrogens is 2. The summed E-state index contributed by atoms with van der Waals surface area (Å²) < 4.78 is 6.69. The number of carbonyl (C=O) groups is 1. The molecule has 0 spiro atoms. The summed E-state index contributed by atoms with van der Waals surface area (Å²) in [7, 11) is 1.64. The Kier molecular flexibility index (Phi) is 5.14. The Hall–Kier alpha value is -1.40. The van der Waals surface area contributed by atoms with E-state index < -0.39 is 5.60 Å². The Balaban J connectivity index is 1.83. The van der Waals surface area contributed by atoms with E-state index >= 15 is 0 Å². The molecule has 1 aromatic rings. The Morgan fingerprint density at radius 3 is 2.95 bits per heavy atom. The fourth-order valence-corrected chi connectivity index (χ4v) is 2.63. The first-order chi connectivity index (χ1) is 9.61. The molecule has 2 N–H and O–H groups in total. The highest BCUT2D eigenvalue weighted by Gasteiger charge is 2.31. The second-order valence-electron chi connectivity index (χ2n) is 5.49. The van der Waals surface area contributed by atoms with E-state index in [0.29, 0.717) is 31.7 Å². The van der Waals surface area contributed by atoms with Gasteiger partial charge in [0.1, 0.15) is 0 Å². The molecule has 0 unspecified atom stereocenters. The van der Waals surface area contributed by atoms with Crippen molar-refractivity contribution in [1.29, 1.82) is 0 Å². The van der Waals surface area contributed by atoms with Crippen molar-refractivity contribution in [2.24, 2.45) is 0 Å². The average molecular weight is 281 g/mol. The van der Waals surface area contributed by atoms with Gasteiger partial charge >= 0.3 is 0 Å². The van der Waals surface area contributed by atoms with Gasteiger partial charge < -0.3 is 15.2 Å². The van der Waals surface area contributed by atoms with E-state index in [1.807, 2.05) is 0 Å². The van der Waals surface area contributed by atoms with Crippen LogP contribution < -0.4 is 5.32 Å². The van der Waals surface area contributed by atoms with Crippen LogP contribution in [-0.4, -0.2) is 40.1 Å². The van der Waals surface area contributed by atoms with Crippen molar-refractivity contribution in [2.75, 3.05) is 19.0 Å². The zero-order valence-electron chi connectivity index (χ0n) is 12.0. The molecular formula is C14H23N3O3. The van der Waals surface area contributed by atoms with Crippen LogP contribution in [0.5, 0.6) is 0 Å². The molecule has 0 radical (unpaired) electrons. The number of amides is 1. The molecule has 1 aliphatic rings. The first-order valence-electron chi connectivity index (χ1n) is 7.15. The largest absolute Gasteiger partial charge is 0.389 e. The van der Waals surface area contributed by atoms with E-state index in [-0.39, 0.29) is 12.3 Å². The van der Waals surface area contributed by atoms with Gasteiger partial charge in [-0.05, 0) is 12.8 Å². The quantitative estimate of drug-likeness (QED) is 0.829. The Labute approximate surface area is 119 Å². The van der Waals surface area contributed by atoms with Gasteiger partial charge in [0.15, 0.2) is 0 Å². The first kappa shape index (κ1) is 15.0. The summed E-state index contributed by atoms with van der Waals surface area (Å²) in [4.78, 5) is 12.0. The maximum atomic E-state index is 12.0. The summed E-state index contributed by atoms with van der Waals surface area (Å²) in [5.74, 6) is -0.152. The Bertz CT molecular complexity index is 439. The number of hydrogen-bond donors (Lipinski definition) is 2. The van der Waals surface area contributed by atoms with Crippen LogP contribution in [0, 0.1) is 0 Å². The molecule has 6 heteroatoms. The lowest BCUT2D eigenvalue weighted by atomic mass is 9.82. The number of anilines is 1. The molecule has 1 fully saturated rings. The lowest BCUT2D eigenvalue weighted by molar-refractivity contribution is -0.122. The molecule has 1 aliphatic carbocycles. The molecule has 1 amide bonds. The van der Waals surface area contributed by atoms with Gasteiger partial charge in [0.2, 0.25) is 5.91 Å². The van der Waals surface area contributed by atoms with Crippen molar-refractivity contribution in [3.05, 3.63) is 12.4 Å².